The van der Waals surface area contributed by atoms with Crippen molar-refractivity contribution < 1.29 is 14.3 Å². The Kier molecular flexibility index (Phi) is 9.37. The predicted molar refractivity (Wildman–Crippen MR) is 111 cm³/mol. The lowest BCUT2D eigenvalue weighted by Gasteiger charge is -2.11. The molecule has 27 heavy (non-hydrogen) atoms. The Bertz CT molecular complexity index is 694. The van der Waals surface area contributed by atoms with Crippen LogP contribution in [0.25, 0.3) is 0 Å². The maximum absolute atomic E-state index is 12.4. The number of amides is 1. The van der Waals surface area contributed by atoms with Crippen LogP contribution in [0.3, 0.4) is 0 Å². The zero-order chi connectivity index (χ0) is 19.5. The number of carbonyl (C=O) groups excluding carboxylic acids is 1. The maximum Gasteiger partial charge on any atom is 0.237 e. The summed E-state index contributed by atoms with van der Waals surface area (Å²) in [6.45, 7) is 8.63. The minimum Gasteiger partial charge on any atom is -0.494 e. The summed E-state index contributed by atoms with van der Waals surface area (Å²) in [6, 6.07) is 7.33. The van der Waals surface area contributed by atoms with Crippen molar-refractivity contribution in [3.8, 4) is 5.75 Å². The van der Waals surface area contributed by atoms with Crippen molar-refractivity contribution in [2.45, 2.75) is 36.8 Å². The summed E-state index contributed by atoms with van der Waals surface area (Å²) in [6.07, 6.45) is 0.913. The number of carbonyl (C=O) groups is 1. The van der Waals surface area contributed by atoms with E-state index < -0.39 is 0 Å². The van der Waals surface area contributed by atoms with E-state index in [1.54, 1.807) is 0 Å². The topological polar surface area (TPSA) is 85.4 Å². The fourth-order valence-corrected chi connectivity index (χ4v) is 4.01. The second-order valence-electron chi connectivity index (χ2n) is 5.56. The van der Waals surface area contributed by atoms with Gasteiger partial charge in [-0.1, -0.05) is 23.1 Å². The average Bonchev–Trinajstić information content (AvgIpc) is 3.10. The zero-order valence-corrected chi connectivity index (χ0v) is 17.5. The smallest absolute Gasteiger partial charge is 0.237 e. The monoisotopic (exact) mass is 410 g/mol. The number of ether oxygens (including phenoxy) is 2. The minimum absolute atomic E-state index is 0.0782. The first-order chi connectivity index (χ1) is 13.1. The number of thioether (sulfide) groups is 1. The summed E-state index contributed by atoms with van der Waals surface area (Å²) in [5.74, 6) is 0.707. The zero-order valence-electron chi connectivity index (χ0n) is 15.9. The second-order valence-corrected chi connectivity index (χ2v) is 8.12. The van der Waals surface area contributed by atoms with Crippen LogP contribution in [0.15, 0.2) is 28.6 Å². The van der Waals surface area contributed by atoms with Gasteiger partial charge in [-0.05, 0) is 51.5 Å². The average molecular weight is 411 g/mol. The fraction of sp³-hybridized carbons (Fsp3) is 0.500. The van der Waals surface area contributed by atoms with Gasteiger partial charge in [0.25, 0.3) is 0 Å². The van der Waals surface area contributed by atoms with Gasteiger partial charge < -0.3 is 20.1 Å². The predicted octanol–water partition coefficient (Wildman–Crippen LogP) is 3.89. The third-order valence-corrected chi connectivity index (χ3v) is 5.50. The largest absolute Gasteiger partial charge is 0.494 e. The number of nitrogens with zero attached hydrogens (tertiary/aromatic N) is 2. The molecule has 1 amide bonds. The molecule has 0 radical (unpaired) electrons. The lowest BCUT2D eigenvalue weighted by Crippen LogP contribution is -2.22. The molecule has 0 spiro atoms. The Hall–Kier alpha value is -1.84. The van der Waals surface area contributed by atoms with E-state index >= 15 is 0 Å². The first-order valence-corrected chi connectivity index (χ1v) is 10.7. The molecule has 2 rings (SSSR count). The van der Waals surface area contributed by atoms with Crippen molar-refractivity contribution >= 4 is 39.8 Å². The fourth-order valence-electron chi connectivity index (χ4n) is 2.09. The highest BCUT2D eigenvalue weighted by Crippen LogP contribution is 2.29. The highest BCUT2D eigenvalue weighted by atomic mass is 32.2. The normalized spacial score (nSPS) is 11.8. The van der Waals surface area contributed by atoms with Crippen molar-refractivity contribution in [3.63, 3.8) is 0 Å². The summed E-state index contributed by atoms with van der Waals surface area (Å²) in [5.41, 5.74) is 0.741. The Morgan fingerprint density at radius 3 is 2.70 bits per heavy atom. The molecular formula is C18H26N4O3S2. The van der Waals surface area contributed by atoms with Crippen molar-refractivity contribution in [1.82, 2.24) is 10.2 Å². The van der Waals surface area contributed by atoms with E-state index in [2.05, 4.69) is 20.8 Å². The van der Waals surface area contributed by atoms with Crippen LogP contribution < -0.4 is 15.4 Å². The maximum atomic E-state index is 12.4. The molecule has 2 aromatic rings. The van der Waals surface area contributed by atoms with Crippen LogP contribution in [0.4, 0.5) is 10.8 Å². The quantitative estimate of drug-likeness (QED) is 0.405. The number of anilines is 2. The van der Waals surface area contributed by atoms with Crippen LogP contribution in [0.5, 0.6) is 5.75 Å². The third kappa shape index (κ3) is 7.74. The number of hydrogen-bond donors (Lipinski definition) is 2. The van der Waals surface area contributed by atoms with E-state index in [0.717, 1.165) is 47.1 Å². The first-order valence-electron chi connectivity index (χ1n) is 8.97. The lowest BCUT2D eigenvalue weighted by molar-refractivity contribution is -0.115. The van der Waals surface area contributed by atoms with Crippen LogP contribution >= 0.6 is 23.1 Å². The molecule has 148 valence electrons. The molecule has 0 aliphatic heterocycles. The van der Waals surface area contributed by atoms with Crippen molar-refractivity contribution in [2.75, 3.05) is 37.0 Å². The van der Waals surface area contributed by atoms with Gasteiger partial charge >= 0.3 is 0 Å². The van der Waals surface area contributed by atoms with E-state index in [-0.39, 0.29) is 11.2 Å². The van der Waals surface area contributed by atoms with Crippen LogP contribution in [-0.2, 0) is 9.53 Å². The molecule has 9 heteroatoms. The van der Waals surface area contributed by atoms with Crippen molar-refractivity contribution in [2.24, 2.45) is 0 Å². The molecule has 0 fully saturated rings. The minimum atomic E-state index is -0.282. The van der Waals surface area contributed by atoms with Crippen LogP contribution in [0, 0.1) is 0 Å². The SMILES string of the molecule is CCOCCCNc1nnc(SC(C)C(=O)Nc2ccc(OCC)cc2)s1. The number of rotatable bonds is 12. The molecule has 1 atom stereocenters. The first kappa shape index (κ1) is 21.5. The standard InChI is InChI=1S/C18H26N4O3S2/c1-4-24-12-6-11-19-17-21-22-18(27-17)26-13(3)16(23)20-14-7-9-15(10-8-14)25-5-2/h7-10,13H,4-6,11-12H2,1-3H3,(H,19,21)(H,20,23). The Balaban J connectivity index is 1.77. The van der Waals surface area contributed by atoms with Gasteiger partial charge in [0.2, 0.25) is 11.0 Å². The molecule has 0 aliphatic rings. The van der Waals surface area contributed by atoms with Gasteiger partial charge in [0, 0.05) is 25.4 Å². The second kappa shape index (κ2) is 11.8. The Labute approximate surface area is 168 Å². The molecule has 0 aliphatic carbocycles. The highest BCUT2D eigenvalue weighted by molar-refractivity contribution is 8.02. The molecule has 1 aromatic carbocycles. The number of hydrogen-bond acceptors (Lipinski definition) is 8. The molecule has 1 aromatic heterocycles. The molecule has 2 N–H and O–H groups in total. The third-order valence-electron chi connectivity index (χ3n) is 3.43. The van der Waals surface area contributed by atoms with E-state index in [4.69, 9.17) is 9.47 Å². The molecule has 0 saturated heterocycles. The number of aromatic nitrogens is 2. The van der Waals surface area contributed by atoms with Gasteiger partial charge in [-0.2, -0.15) is 0 Å². The van der Waals surface area contributed by atoms with E-state index in [1.165, 1.54) is 23.1 Å². The van der Waals surface area contributed by atoms with E-state index in [0.29, 0.717) is 6.61 Å². The van der Waals surface area contributed by atoms with E-state index in [1.807, 2.05) is 45.0 Å². The Morgan fingerprint density at radius 1 is 1.22 bits per heavy atom. The van der Waals surface area contributed by atoms with E-state index in [9.17, 15) is 4.79 Å². The highest BCUT2D eigenvalue weighted by Gasteiger charge is 2.17. The van der Waals surface area contributed by atoms with Gasteiger partial charge in [0.05, 0.1) is 11.9 Å². The summed E-state index contributed by atoms with van der Waals surface area (Å²) in [7, 11) is 0. The van der Waals surface area contributed by atoms with Gasteiger partial charge in [-0.3, -0.25) is 4.79 Å². The summed E-state index contributed by atoms with van der Waals surface area (Å²) < 4.78 is 11.5. The molecule has 7 nitrogen and oxygen atoms in total. The summed E-state index contributed by atoms with van der Waals surface area (Å²) in [5, 5.41) is 14.8. The Morgan fingerprint density at radius 2 is 2.00 bits per heavy atom. The molecule has 0 bridgehead atoms. The lowest BCUT2D eigenvalue weighted by atomic mass is 10.3. The van der Waals surface area contributed by atoms with Gasteiger partial charge in [0.1, 0.15) is 5.75 Å². The molecular weight excluding hydrogens is 384 g/mol. The van der Waals surface area contributed by atoms with Gasteiger partial charge in [-0.25, -0.2) is 0 Å². The van der Waals surface area contributed by atoms with Crippen LogP contribution in [-0.4, -0.2) is 47.7 Å². The molecule has 1 heterocycles. The molecule has 0 saturated carbocycles. The summed E-state index contributed by atoms with van der Waals surface area (Å²) in [4.78, 5) is 12.4. The van der Waals surface area contributed by atoms with Gasteiger partial charge in [-0.15, -0.1) is 10.2 Å². The van der Waals surface area contributed by atoms with Crippen LogP contribution in [0.2, 0.25) is 0 Å². The van der Waals surface area contributed by atoms with Crippen molar-refractivity contribution in [1.29, 1.82) is 0 Å². The van der Waals surface area contributed by atoms with Gasteiger partial charge in [0.15, 0.2) is 4.34 Å². The van der Waals surface area contributed by atoms with Crippen LogP contribution in [0.1, 0.15) is 27.2 Å². The number of nitrogens with one attached hydrogen (secondary N) is 2. The van der Waals surface area contributed by atoms with Crippen molar-refractivity contribution in [3.05, 3.63) is 24.3 Å². The number of benzene rings is 1. The summed E-state index contributed by atoms with van der Waals surface area (Å²) >= 11 is 2.84. The molecule has 1 unspecified atom stereocenters.